The van der Waals surface area contributed by atoms with Gasteiger partial charge in [0.25, 0.3) is 5.91 Å². The summed E-state index contributed by atoms with van der Waals surface area (Å²) in [5.74, 6) is 0.521. The highest BCUT2D eigenvalue weighted by Crippen LogP contribution is 2.23. The summed E-state index contributed by atoms with van der Waals surface area (Å²) in [4.78, 5) is 26.0. The minimum absolute atomic E-state index is 0.272. The van der Waals surface area contributed by atoms with Crippen LogP contribution in [0.1, 0.15) is 15.9 Å². The van der Waals surface area contributed by atoms with Crippen molar-refractivity contribution in [2.24, 2.45) is 0 Å². The van der Waals surface area contributed by atoms with E-state index >= 15 is 0 Å². The Labute approximate surface area is 132 Å². The molecule has 2 aromatic heterocycles. The lowest BCUT2D eigenvalue weighted by molar-refractivity contribution is 0.0951. The van der Waals surface area contributed by atoms with Crippen molar-refractivity contribution in [1.29, 1.82) is 0 Å². The number of hydrogen-bond donors (Lipinski definition) is 2. The van der Waals surface area contributed by atoms with Crippen LogP contribution in [0.15, 0.2) is 52.0 Å². The van der Waals surface area contributed by atoms with Gasteiger partial charge < -0.3 is 19.5 Å². The van der Waals surface area contributed by atoms with Gasteiger partial charge in [0, 0.05) is 29.7 Å². The van der Waals surface area contributed by atoms with Crippen LogP contribution < -0.4 is 15.7 Å². The Morgan fingerprint density at radius 1 is 1.30 bits per heavy atom. The first-order chi connectivity index (χ1) is 11.2. The number of rotatable bonds is 5. The molecular weight excluding hydrogens is 296 g/mol. The standard InChI is InChI=1S/C17H16N2O4/c1-22-13-3-4-15-14(8-13)11(9-19-15)6-7-18-17(21)12-2-5-16(20)23-10-12/h2-5,8-10,19H,6-7H2,1H3,(H,18,21). The van der Waals surface area contributed by atoms with Gasteiger partial charge in [-0.1, -0.05) is 0 Å². The van der Waals surface area contributed by atoms with Gasteiger partial charge in [-0.05, 0) is 36.2 Å². The fourth-order valence-corrected chi connectivity index (χ4v) is 2.39. The second-order valence-corrected chi connectivity index (χ2v) is 5.07. The average molecular weight is 312 g/mol. The van der Waals surface area contributed by atoms with Crippen LogP contribution >= 0.6 is 0 Å². The third-order valence-corrected chi connectivity index (χ3v) is 3.62. The number of carbonyl (C=O) groups is 1. The smallest absolute Gasteiger partial charge is 0.335 e. The molecule has 6 nitrogen and oxygen atoms in total. The lowest BCUT2D eigenvalue weighted by Gasteiger charge is -2.05. The number of benzene rings is 1. The number of hydrogen-bond acceptors (Lipinski definition) is 4. The van der Waals surface area contributed by atoms with E-state index in [0.717, 1.165) is 28.5 Å². The molecule has 0 saturated carbocycles. The molecular formula is C17H16N2O4. The van der Waals surface area contributed by atoms with Gasteiger partial charge in [0.2, 0.25) is 0 Å². The van der Waals surface area contributed by atoms with Crippen LogP contribution in [-0.4, -0.2) is 24.5 Å². The normalized spacial score (nSPS) is 10.7. The number of ether oxygens (including phenoxy) is 1. The molecule has 0 unspecified atom stereocenters. The number of aromatic amines is 1. The van der Waals surface area contributed by atoms with Gasteiger partial charge in [-0.2, -0.15) is 0 Å². The second kappa shape index (κ2) is 6.39. The van der Waals surface area contributed by atoms with Crippen molar-refractivity contribution in [1.82, 2.24) is 10.3 Å². The van der Waals surface area contributed by atoms with E-state index in [4.69, 9.17) is 4.74 Å². The molecule has 0 aliphatic heterocycles. The number of amides is 1. The van der Waals surface area contributed by atoms with E-state index in [2.05, 4.69) is 14.7 Å². The van der Waals surface area contributed by atoms with Crippen LogP contribution in [0.3, 0.4) is 0 Å². The molecule has 0 radical (unpaired) electrons. The van der Waals surface area contributed by atoms with Crippen molar-refractivity contribution in [3.63, 3.8) is 0 Å². The zero-order valence-electron chi connectivity index (χ0n) is 12.6. The molecule has 1 amide bonds. The molecule has 6 heteroatoms. The fraction of sp³-hybridized carbons (Fsp3) is 0.176. The van der Waals surface area contributed by atoms with Crippen LogP contribution in [0.5, 0.6) is 5.75 Å². The number of methoxy groups -OCH3 is 1. The van der Waals surface area contributed by atoms with Crippen LogP contribution in [-0.2, 0) is 6.42 Å². The van der Waals surface area contributed by atoms with Crippen molar-refractivity contribution >= 4 is 16.8 Å². The summed E-state index contributed by atoms with van der Waals surface area (Å²) in [7, 11) is 1.63. The predicted octanol–water partition coefficient (Wildman–Crippen LogP) is 2.10. The maximum absolute atomic E-state index is 11.9. The first-order valence-electron chi connectivity index (χ1n) is 7.18. The Morgan fingerprint density at radius 2 is 2.17 bits per heavy atom. The highest BCUT2D eigenvalue weighted by Gasteiger charge is 2.08. The molecule has 0 bridgehead atoms. The van der Waals surface area contributed by atoms with E-state index in [1.807, 2.05) is 24.4 Å². The van der Waals surface area contributed by atoms with E-state index in [-0.39, 0.29) is 5.91 Å². The molecule has 3 aromatic rings. The topological polar surface area (TPSA) is 84.3 Å². The van der Waals surface area contributed by atoms with Crippen LogP contribution in [0.4, 0.5) is 0 Å². The van der Waals surface area contributed by atoms with Crippen molar-refractivity contribution in [2.75, 3.05) is 13.7 Å². The highest BCUT2D eigenvalue weighted by molar-refractivity contribution is 5.93. The molecule has 0 aliphatic carbocycles. The number of aromatic nitrogens is 1. The Balaban J connectivity index is 1.65. The first kappa shape index (κ1) is 14.9. The number of H-pyrrole nitrogens is 1. The molecule has 2 N–H and O–H groups in total. The predicted molar refractivity (Wildman–Crippen MR) is 85.9 cm³/mol. The monoisotopic (exact) mass is 312 g/mol. The third-order valence-electron chi connectivity index (χ3n) is 3.62. The summed E-state index contributed by atoms with van der Waals surface area (Å²) in [5, 5.41) is 3.88. The molecule has 3 rings (SSSR count). The summed E-state index contributed by atoms with van der Waals surface area (Å²) < 4.78 is 9.92. The van der Waals surface area contributed by atoms with E-state index < -0.39 is 5.63 Å². The molecule has 0 atom stereocenters. The second-order valence-electron chi connectivity index (χ2n) is 5.07. The SMILES string of the molecule is COc1ccc2[nH]cc(CCNC(=O)c3ccc(=O)oc3)c2c1. The maximum Gasteiger partial charge on any atom is 0.335 e. The summed E-state index contributed by atoms with van der Waals surface area (Å²) >= 11 is 0. The Kier molecular flexibility index (Phi) is 4.14. The van der Waals surface area contributed by atoms with Crippen molar-refractivity contribution in [3.8, 4) is 5.75 Å². The van der Waals surface area contributed by atoms with Crippen molar-refractivity contribution in [2.45, 2.75) is 6.42 Å². The summed E-state index contributed by atoms with van der Waals surface area (Å²) in [6.07, 6.45) is 3.77. The highest BCUT2D eigenvalue weighted by atomic mass is 16.5. The van der Waals surface area contributed by atoms with Gasteiger partial charge in [-0.25, -0.2) is 4.79 Å². The minimum atomic E-state index is -0.478. The van der Waals surface area contributed by atoms with Crippen LogP contribution in [0, 0.1) is 0 Å². The van der Waals surface area contributed by atoms with E-state index in [1.54, 1.807) is 7.11 Å². The summed E-state index contributed by atoms with van der Waals surface area (Å²) in [6.45, 7) is 0.474. The van der Waals surface area contributed by atoms with E-state index in [0.29, 0.717) is 18.5 Å². The zero-order chi connectivity index (χ0) is 16.2. The molecule has 0 saturated heterocycles. The number of fused-ring (bicyclic) bond motifs is 1. The molecule has 118 valence electrons. The summed E-state index contributed by atoms with van der Waals surface area (Å²) in [6, 6.07) is 8.49. The quantitative estimate of drug-likeness (QED) is 0.755. The molecule has 1 aromatic carbocycles. The Bertz CT molecular complexity index is 874. The molecule has 2 heterocycles. The lowest BCUT2D eigenvalue weighted by Crippen LogP contribution is -2.25. The molecule has 0 spiro atoms. The number of nitrogens with one attached hydrogen (secondary N) is 2. The van der Waals surface area contributed by atoms with Crippen molar-refractivity contribution in [3.05, 3.63) is 64.3 Å². The average Bonchev–Trinajstić information content (AvgIpc) is 2.97. The fourth-order valence-electron chi connectivity index (χ4n) is 2.39. The van der Waals surface area contributed by atoms with Gasteiger partial charge in [-0.3, -0.25) is 4.79 Å². The minimum Gasteiger partial charge on any atom is -0.497 e. The maximum atomic E-state index is 11.9. The number of carbonyl (C=O) groups excluding carboxylic acids is 1. The van der Waals surface area contributed by atoms with Gasteiger partial charge in [0.15, 0.2) is 0 Å². The van der Waals surface area contributed by atoms with Gasteiger partial charge in [-0.15, -0.1) is 0 Å². The van der Waals surface area contributed by atoms with E-state index in [9.17, 15) is 9.59 Å². The Morgan fingerprint density at radius 3 is 2.91 bits per heavy atom. The molecule has 0 fully saturated rings. The van der Waals surface area contributed by atoms with E-state index in [1.165, 1.54) is 12.1 Å². The first-order valence-corrected chi connectivity index (χ1v) is 7.18. The van der Waals surface area contributed by atoms with Gasteiger partial charge >= 0.3 is 5.63 Å². The molecule has 0 aliphatic rings. The zero-order valence-corrected chi connectivity index (χ0v) is 12.6. The molecule has 23 heavy (non-hydrogen) atoms. The van der Waals surface area contributed by atoms with Crippen LogP contribution in [0.25, 0.3) is 10.9 Å². The third kappa shape index (κ3) is 3.26. The van der Waals surface area contributed by atoms with Crippen molar-refractivity contribution < 1.29 is 13.9 Å². The summed E-state index contributed by atoms with van der Waals surface area (Å²) in [5.41, 5.74) is 1.97. The largest absolute Gasteiger partial charge is 0.497 e. The van der Waals surface area contributed by atoms with Crippen LogP contribution in [0.2, 0.25) is 0 Å². The van der Waals surface area contributed by atoms with Gasteiger partial charge in [0.05, 0.1) is 12.7 Å². The van der Waals surface area contributed by atoms with Gasteiger partial charge in [0.1, 0.15) is 12.0 Å². The lowest BCUT2D eigenvalue weighted by atomic mass is 10.1. The Hall–Kier alpha value is -3.02.